The number of carbonyl (C=O) groups excluding carboxylic acids is 1. The Balaban J connectivity index is 2.07. The molecule has 0 fully saturated rings. The highest BCUT2D eigenvalue weighted by molar-refractivity contribution is 6.31. The summed E-state index contributed by atoms with van der Waals surface area (Å²) in [5, 5.41) is 9.31. The fourth-order valence-electron chi connectivity index (χ4n) is 2.31. The molecule has 20 heavy (non-hydrogen) atoms. The molecular weight excluding hydrogens is 274 g/mol. The summed E-state index contributed by atoms with van der Waals surface area (Å²) in [6.07, 6.45) is 0. The third-order valence-corrected chi connectivity index (χ3v) is 3.64. The van der Waals surface area contributed by atoms with Gasteiger partial charge in [-0.25, -0.2) is 4.98 Å². The van der Waals surface area contributed by atoms with Gasteiger partial charge in [0.15, 0.2) is 5.69 Å². The number of fused-ring (bicyclic) bond motifs is 1. The van der Waals surface area contributed by atoms with E-state index in [9.17, 15) is 4.79 Å². The summed E-state index contributed by atoms with van der Waals surface area (Å²) in [4.78, 5) is 17.7. The van der Waals surface area contributed by atoms with Crippen LogP contribution < -0.4 is 0 Å². The first-order chi connectivity index (χ1) is 9.60. The maximum atomic E-state index is 11.8. The quantitative estimate of drug-likeness (QED) is 0.808. The van der Waals surface area contributed by atoms with Crippen LogP contribution in [-0.2, 0) is 6.54 Å². The lowest BCUT2D eigenvalue weighted by atomic mass is 10.0. The molecule has 0 bridgehead atoms. The topological polar surface area (TPSA) is 57.0 Å². The van der Waals surface area contributed by atoms with Crippen LogP contribution in [0.1, 0.15) is 21.6 Å². The molecule has 2 aromatic rings. The minimum atomic E-state index is 0.0355. The van der Waals surface area contributed by atoms with Crippen molar-refractivity contribution in [2.24, 2.45) is 0 Å². The minimum Gasteiger partial charge on any atom is -0.337 e. The van der Waals surface area contributed by atoms with Gasteiger partial charge in [0.25, 0.3) is 5.91 Å². The second-order valence-electron chi connectivity index (χ2n) is 4.67. The average molecular weight is 284 g/mol. The first-order valence-corrected chi connectivity index (χ1v) is 6.43. The van der Waals surface area contributed by atoms with Crippen molar-refractivity contribution < 1.29 is 4.79 Å². The van der Waals surface area contributed by atoms with E-state index >= 15 is 0 Å². The summed E-state index contributed by atoms with van der Waals surface area (Å²) in [6.45, 7) is 0.598. The van der Waals surface area contributed by atoms with Crippen molar-refractivity contribution in [1.29, 1.82) is 5.26 Å². The van der Waals surface area contributed by atoms with E-state index < -0.39 is 0 Å². The molecule has 0 saturated heterocycles. The van der Waals surface area contributed by atoms with Gasteiger partial charge in [-0.2, -0.15) is 5.26 Å². The highest BCUT2D eigenvalue weighted by atomic mass is 35.5. The molecule has 1 aliphatic heterocycles. The van der Waals surface area contributed by atoms with E-state index in [0.29, 0.717) is 17.3 Å². The van der Waals surface area contributed by atoms with Crippen LogP contribution in [0.25, 0.3) is 11.3 Å². The van der Waals surface area contributed by atoms with Crippen molar-refractivity contribution in [3.8, 4) is 17.3 Å². The lowest BCUT2D eigenvalue weighted by Crippen LogP contribution is -2.17. The Morgan fingerprint density at radius 2 is 2.15 bits per heavy atom. The van der Waals surface area contributed by atoms with Crippen molar-refractivity contribution in [2.45, 2.75) is 6.54 Å². The van der Waals surface area contributed by atoms with Gasteiger partial charge in [0.05, 0.1) is 10.7 Å². The monoisotopic (exact) mass is 283 g/mol. The maximum Gasteiger partial charge on any atom is 0.254 e. The van der Waals surface area contributed by atoms with E-state index in [2.05, 4.69) is 4.98 Å². The molecule has 0 unspecified atom stereocenters. The first-order valence-electron chi connectivity index (χ1n) is 6.05. The van der Waals surface area contributed by atoms with Crippen LogP contribution in [0.3, 0.4) is 0 Å². The van der Waals surface area contributed by atoms with Crippen LogP contribution in [-0.4, -0.2) is 22.8 Å². The Labute approximate surface area is 121 Å². The Kier molecular flexibility index (Phi) is 2.92. The molecule has 2 heterocycles. The second-order valence-corrected chi connectivity index (χ2v) is 5.08. The molecule has 1 amide bonds. The summed E-state index contributed by atoms with van der Waals surface area (Å²) in [5.41, 5.74) is 3.46. The molecule has 98 valence electrons. The number of halogens is 1. The van der Waals surface area contributed by atoms with Crippen molar-refractivity contribution in [1.82, 2.24) is 9.88 Å². The SMILES string of the molecule is CN1Cc2cc(-c3ccc(Cl)c(C#N)n3)ccc2C1=O. The lowest BCUT2D eigenvalue weighted by Gasteiger charge is -2.05. The number of nitrogens with zero attached hydrogens (tertiary/aromatic N) is 3. The Bertz CT molecular complexity index is 764. The molecule has 4 nitrogen and oxygen atoms in total. The van der Waals surface area contributed by atoms with Crippen LogP contribution in [0.15, 0.2) is 30.3 Å². The molecule has 5 heteroatoms. The molecule has 0 saturated carbocycles. The highest BCUT2D eigenvalue weighted by Crippen LogP contribution is 2.28. The standard InChI is InChI=1S/C15H10ClN3O/c1-19-8-10-6-9(2-3-11(10)15(19)20)13-5-4-12(16)14(7-17)18-13/h2-6H,8H2,1H3. The van der Waals surface area contributed by atoms with Crippen molar-refractivity contribution in [3.05, 3.63) is 52.2 Å². The summed E-state index contributed by atoms with van der Waals surface area (Å²) in [6, 6.07) is 11.0. The van der Waals surface area contributed by atoms with Crippen LogP contribution in [0.2, 0.25) is 5.02 Å². The first kappa shape index (κ1) is 12.6. The molecule has 0 radical (unpaired) electrons. The Morgan fingerprint density at radius 1 is 1.35 bits per heavy atom. The zero-order valence-electron chi connectivity index (χ0n) is 10.7. The third-order valence-electron chi connectivity index (χ3n) is 3.34. The third kappa shape index (κ3) is 1.93. The van der Waals surface area contributed by atoms with Gasteiger partial charge in [-0.05, 0) is 29.8 Å². The molecule has 0 aliphatic carbocycles. The maximum absolute atomic E-state index is 11.8. The number of pyridine rings is 1. The minimum absolute atomic E-state index is 0.0355. The Hall–Kier alpha value is -2.38. The van der Waals surface area contributed by atoms with E-state index in [1.54, 1.807) is 30.1 Å². The summed E-state index contributed by atoms with van der Waals surface area (Å²) >= 11 is 5.88. The molecule has 0 atom stereocenters. The molecule has 1 aliphatic rings. The molecule has 0 N–H and O–H groups in total. The summed E-state index contributed by atoms with van der Waals surface area (Å²) in [5.74, 6) is 0.0355. The van der Waals surface area contributed by atoms with Gasteiger partial charge in [0.2, 0.25) is 0 Å². The van der Waals surface area contributed by atoms with E-state index in [0.717, 1.165) is 16.7 Å². The number of benzene rings is 1. The molecule has 1 aromatic heterocycles. The fraction of sp³-hybridized carbons (Fsp3) is 0.133. The number of carbonyl (C=O) groups is 1. The summed E-state index contributed by atoms with van der Waals surface area (Å²) in [7, 11) is 1.77. The van der Waals surface area contributed by atoms with Crippen LogP contribution in [0.5, 0.6) is 0 Å². The second kappa shape index (κ2) is 4.62. The van der Waals surface area contributed by atoms with Crippen LogP contribution >= 0.6 is 11.6 Å². The predicted molar refractivity (Wildman–Crippen MR) is 75.2 cm³/mol. The number of hydrogen-bond acceptors (Lipinski definition) is 3. The van der Waals surface area contributed by atoms with Gasteiger partial charge in [-0.15, -0.1) is 0 Å². The van der Waals surface area contributed by atoms with E-state index in [1.807, 2.05) is 18.2 Å². The number of amides is 1. The van der Waals surface area contributed by atoms with Gasteiger partial charge < -0.3 is 4.90 Å². The van der Waals surface area contributed by atoms with Crippen molar-refractivity contribution in [2.75, 3.05) is 7.05 Å². The lowest BCUT2D eigenvalue weighted by molar-refractivity contribution is 0.0816. The fourth-order valence-corrected chi connectivity index (χ4v) is 2.45. The van der Waals surface area contributed by atoms with E-state index in [1.165, 1.54) is 0 Å². The number of aromatic nitrogens is 1. The van der Waals surface area contributed by atoms with Crippen LogP contribution in [0.4, 0.5) is 0 Å². The van der Waals surface area contributed by atoms with E-state index in [4.69, 9.17) is 16.9 Å². The van der Waals surface area contributed by atoms with Crippen molar-refractivity contribution in [3.63, 3.8) is 0 Å². The van der Waals surface area contributed by atoms with Gasteiger partial charge in [-0.1, -0.05) is 17.7 Å². The van der Waals surface area contributed by atoms with Gasteiger partial charge in [-0.3, -0.25) is 4.79 Å². The summed E-state index contributed by atoms with van der Waals surface area (Å²) < 4.78 is 0. The van der Waals surface area contributed by atoms with Gasteiger partial charge in [0.1, 0.15) is 6.07 Å². The van der Waals surface area contributed by atoms with E-state index in [-0.39, 0.29) is 11.6 Å². The molecule has 1 aromatic carbocycles. The molecule has 0 spiro atoms. The number of rotatable bonds is 1. The highest BCUT2D eigenvalue weighted by Gasteiger charge is 2.24. The Morgan fingerprint density at radius 3 is 2.90 bits per heavy atom. The van der Waals surface area contributed by atoms with Crippen molar-refractivity contribution >= 4 is 17.5 Å². The number of nitriles is 1. The zero-order valence-corrected chi connectivity index (χ0v) is 11.5. The molecule has 3 rings (SSSR count). The van der Waals surface area contributed by atoms with Crippen LogP contribution in [0, 0.1) is 11.3 Å². The number of hydrogen-bond donors (Lipinski definition) is 0. The smallest absolute Gasteiger partial charge is 0.254 e. The normalized spacial score (nSPS) is 13.2. The predicted octanol–water partition coefficient (Wildman–Crippen LogP) is 2.86. The van der Waals surface area contributed by atoms with Gasteiger partial charge >= 0.3 is 0 Å². The molecular formula is C15H10ClN3O. The van der Waals surface area contributed by atoms with Gasteiger partial charge in [0, 0.05) is 24.7 Å². The average Bonchev–Trinajstić information content (AvgIpc) is 2.74. The zero-order chi connectivity index (χ0) is 14.3. The largest absolute Gasteiger partial charge is 0.337 e.